The lowest BCUT2D eigenvalue weighted by atomic mass is 10.2. The molecule has 1 aromatic heterocycles. The summed E-state index contributed by atoms with van der Waals surface area (Å²) in [5.41, 5.74) is 2.55. The largest absolute Gasteiger partial charge is 0.380 e. The van der Waals surface area contributed by atoms with Crippen LogP contribution in [0.1, 0.15) is 23.3 Å². The monoisotopic (exact) mass is 384 g/mol. The van der Waals surface area contributed by atoms with E-state index < -0.39 is 0 Å². The Kier molecular flexibility index (Phi) is 5.22. The Bertz CT molecular complexity index is 571. The molecule has 1 aliphatic heterocycles. The van der Waals surface area contributed by atoms with Crippen molar-refractivity contribution in [3.63, 3.8) is 0 Å². The van der Waals surface area contributed by atoms with Crippen LogP contribution in [0.15, 0.2) is 34.8 Å². The Morgan fingerprint density at radius 1 is 1.19 bits per heavy atom. The zero-order valence-electron chi connectivity index (χ0n) is 11.7. The Morgan fingerprint density at radius 2 is 1.90 bits per heavy atom. The molecule has 0 bridgehead atoms. The first kappa shape index (κ1) is 15.3. The minimum absolute atomic E-state index is 0.807. The SMILES string of the molecule is Clc1sc(CNc2ccc(CN3CCCC3)cc2)cc1Br. The van der Waals surface area contributed by atoms with Crippen LogP contribution in [-0.2, 0) is 13.1 Å². The molecule has 5 heteroatoms. The van der Waals surface area contributed by atoms with Gasteiger partial charge in [0.05, 0.1) is 0 Å². The molecular formula is C16H18BrClN2S. The van der Waals surface area contributed by atoms with Crippen LogP contribution < -0.4 is 5.32 Å². The smallest absolute Gasteiger partial charge is 0.107 e. The Balaban J connectivity index is 1.54. The summed E-state index contributed by atoms with van der Waals surface area (Å²) in [6.45, 7) is 4.37. The summed E-state index contributed by atoms with van der Waals surface area (Å²) in [6.07, 6.45) is 2.69. The van der Waals surface area contributed by atoms with Crippen LogP contribution in [0.5, 0.6) is 0 Å². The lowest BCUT2D eigenvalue weighted by Crippen LogP contribution is -2.18. The average molecular weight is 386 g/mol. The molecule has 0 atom stereocenters. The van der Waals surface area contributed by atoms with E-state index in [4.69, 9.17) is 11.6 Å². The van der Waals surface area contributed by atoms with E-state index in [1.807, 2.05) is 0 Å². The minimum atomic E-state index is 0.807. The van der Waals surface area contributed by atoms with Gasteiger partial charge in [-0.1, -0.05) is 23.7 Å². The summed E-state index contributed by atoms with van der Waals surface area (Å²) in [4.78, 5) is 3.75. The number of hydrogen-bond acceptors (Lipinski definition) is 3. The molecule has 0 saturated carbocycles. The first-order valence-electron chi connectivity index (χ1n) is 7.19. The van der Waals surface area contributed by atoms with Crippen LogP contribution in [0.2, 0.25) is 4.34 Å². The number of likely N-dealkylation sites (tertiary alicyclic amines) is 1. The van der Waals surface area contributed by atoms with Crippen molar-refractivity contribution < 1.29 is 0 Å². The summed E-state index contributed by atoms with van der Waals surface area (Å²) in [5, 5.41) is 3.44. The van der Waals surface area contributed by atoms with Gasteiger partial charge in [0.25, 0.3) is 0 Å². The van der Waals surface area contributed by atoms with Crippen LogP contribution in [-0.4, -0.2) is 18.0 Å². The molecule has 0 amide bonds. The molecule has 0 spiro atoms. The molecule has 1 aromatic carbocycles. The molecule has 2 nitrogen and oxygen atoms in total. The molecule has 1 fully saturated rings. The molecule has 1 saturated heterocycles. The van der Waals surface area contributed by atoms with Crippen LogP contribution in [0.25, 0.3) is 0 Å². The van der Waals surface area contributed by atoms with Gasteiger partial charge < -0.3 is 5.32 Å². The predicted molar refractivity (Wildman–Crippen MR) is 95.3 cm³/mol. The topological polar surface area (TPSA) is 15.3 Å². The van der Waals surface area contributed by atoms with Gasteiger partial charge in [-0.15, -0.1) is 11.3 Å². The minimum Gasteiger partial charge on any atom is -0.380 e. The number of anilines is 1. The second-order valence-electron chi connectivity index (χ2n) is 5.37. The molecule has 0 unspecified atom stereocenters. The van der Waals surface area contributed by atoms with Crippen molar-refractivity contribution in [1.29, 1.82) is 0 Å². The van der Waals surface area contributed by atoms with Gasteiger partial charge in [0, 0.05) is 28.1 Å². The van der Waals surface area contributed by atoms with Crippen LogP contribution in [0.3, 0.4) is 0 Å². The first-order valence-corrected chi connectivity index (χ1v) is 9.18. The van der Waals surface area contributed by atoms with Crippen molar-refractivity contribution in [2.45, 2.75) is 25.9 Å². The third kappa shape index (κ3) is 4.22. The van der Waals surface area contributed by atoms with E-state index in [1.54, 1.807) is 11.3 Å². The summed E-state index contributed by atoms with van der Waals surface area (Å²) >= 11 is 11.1. The Morgan fingerprint density at radius 3 is 2.52 bits per heavy atom. The lowest BCUT2D eigenvalue weighted by molar-refractivity contribution is 0.331. The van der Waals surface area contributed by atoms with E-state index in [9.17, 15) is 0 Å². The van der Waals surface area contributed by atoms with Crippen molar-refractivity contribution in [3.05, 3.63) is 49.6 Å². The quantitative estimate of drug-likeness (QED) is 0.744. The third-order valence-corrected chi connectivity index (χ3v) is 6.20. The summed E-state index contributed by atoms with van der Waals surface area (Å²) in [6, 6.07) is 10.8. The van der Waals surface area contributed by atoms with Gasteiger partial charge in [-0.3, -0.25) is 4.90 Å². The highest BCUT2D eigenvalue weighted by Gasteiger charge is 2.11. The van der Waals surface area contributed by atoms with Crippen molar-refractivity contribution in [2.24, 2.45) is 0 Å². The zero-order chi connectivity index (χ0) is 14.7. The molecule has 2 heterocycles. The molecule has 21 heavy (non-hydrogen) atoms. The van der Waals surface area contributed by atoms with Gasteiger partial charge in [0.15, 0.2) is 0 Å². The summed E-state index contributed by atoms with van der Waals surface area (Å²) in [5.74, 6) is 0. The average Bonchev–Trinajstić information content (AvgIpc) is 3.09. The van der Waals surface area contributed by atoms with Crippen LogP contribution in [0.4, 0.5) is 5.69 Å². The Hall–Kier alpha value is -0.550. The highest BCUT2D eigenvalue weighted by Crippen LogP contribution is 2.32. The first-order chi connectivity index (χ1) is 10.2. The van der Waals surface area contributed by atoms with Gasteiger partial charge in [0.2, 0.25) is 0 Å². The van der Waals surface area contributed by atoms with Crippen LogP contribution >= 0.6 is 38.9 Å². The molecule has 1 N–H and O–H groups in total. The van der Waals surface area contributed by atoms with Gasteiger partial charge in [0.1, 0.15) is 4.34 Å². The van der Waals surface area contributed by atoms with E-state index >= 15 is 0 Å². The van der Waals surface area contributed by atoms with E-state index in [0.29, 0.717) is 0 Å². The van der Waals surface area contributed by atoms with Crippen molar-refractivity contribution in [1.82, 2.24) is 4.90 Å². The van der Waals surface area contributed by atoms with E-state index in [0.717, 1.165) is 27.6 Å². The maximum atomic E-state index is 6.05. The number of nitrogens with one attached hydrogen (secondary N) is 1. The fraction of sp³-hybridized carbons (Fsp3) is 0.375. The number of rotatable bonds is 5. The standard InChI is InChI=1S/C16H18BrClN2S/c17-15-9-14(21-16(15)18)10-19-13-5-3-12(4-6-13)11-20-7-1-2-8-20/h3-6,9,19H,1-2,7-8,10-11H2. The lowest BCUT2D eigenvalue weighted by Gasteiger charge is -2.14. The van der Waals surface area contributed by atoms with Crippen molar-refractivity contribution in [2.75, 3.05) is 18.4 Å². The summed E-state index contributed by atoms with van der Waals surface area (Å²) in [7, 11) is 0. The highest BCUT2D eigenvalue weighted by atomic mass is 79.9. The molecule has 0 aliphatic carbocycles. The number of nitrogens with zero attached hydrogens (tertiary/aromatic N) is 1. The fourth-order valence-corrected chi connectivity index (χ4v) is 4.32. The van der Waals surface area contributed by atoms with Crippen LogP contribution in [0, 0.1) is 0 Å². The molecular weight excluding hydrogens is 368 g/mol. The maximum absolute atomic E-state index is 6.05. The summed E-state index contributed by atoms with van der Waals surface area (Å²) < 4.78 is 1.79. The van der Waals surface area contributed by atoms with Gasteiger partial charge in [-0.25, -0.2) is 0 Å². The Labute approximate surface area is 143 Å². The molecule has 1 aliphatic rings. The zero-order valence-corrected chi connectivity index (χ0v) is 14.9. The van der Waals surface area contributed by atoms with E-state index in [2.05, 4.69) is 56.5 Å². The molecule has 2 aromatic rings. The number of hydrogen-bond donors (Lipinski definition) is 1. The third-order valence-electron chi connectivity index (χ3n) is 3.72. The van der Waals surface area contributed by atoms with Gasteiger partial charge in [-0.05, 0) is 65.6 Å². The van der Waals surface area contributed by atoms with Gasteiger partial charge in [-0.2, -0.15) is 0 Å². The normalized spacial score (nSPS) is 15.5. The fourth-order valence-electron chi connectivity index (χ4n) is 2.59. The second-order valence-corrected chi connectivity index (χ2v) is 7.96. The van der Waals surface area contributed by atoms with Crippen molar-refractivity contribution >= 4 is 44.6 Å². The van der Waals surface area contributed by atoms with Crippen molar-refractivity contribution in [3.8, 4) is 0 Å². The molecule has 3 rings (SSSR count). The molecule has 0 radical (unpaired) electrons. The second kappa shape index (κ2) is 7.14. The molecule has 112 valence electrons. The van der Waals surface area contributed by atoms with E-state index in [-0.39, 0.29) is 0 Å². The number of halogens is 2. The predicted octanol–water partition coefficient (Wildman–Crippen LogP) is 5.37. The number of thiophene rings is 1. The van der Waals surface area contributed by atoms with E-state index in [1.165, 1.54) is 36.4 Å². The number of benzene rings is 1. The highest BCUT2D eigenvalue weighted by molar-refractivity contribution is 9.10. The van der Waals surface area contributed by atoms with Gasteiger partial charge >= 0.3 is 0 Å². The maximum Gasteiger partial charge on any atom is 0.107 e.